The summed E-state index contributed by atoms with van der Waals surface area (Å²) in [6, 6.07) is 13.9. The van der Waals surface area contributed by atoms with E-state index in [1.54, 1.807) is 42.7 Å². The maximum atomic E-state index is 12.5. The van der Waals surface area contributed by atoms with Crippen molar-refractivity contribution in [2.75, 3.05) is 17.7 Å². The molecule has 0 fully saturated rings. The molecule has 0 radical (unpaired) electrons. The number of ether oxygens (including phenoxy) is 1. The molecule has 0 spiro atoms. The number of esters is 1. The highest BCUT2D eigenvalue weighted by molar-refractivity contribution is 6.05. The van der Waals surface area contributed by atoms with Gasteiger partial charge in [0.2, 0.25) is 0 Å². The Labute approximate surface area is 156 Å². The zero-order valence-electron chi connectivity index (χ0n) is 14.7. The molecule has 0 unspecified atom stereocenters. The highest BCUT2D eigenvalue weighted by atomic mass is 16.5. The van der Waals surface area contributed by atoms with Crippen LogP contribution in [0.4, 0.5) is 11.4 Å². The van der Waals surface area contributed by atoms with E-state index in [0.29, 0.717) is 29.0 Å². The molecule has 0 aliphatic carbocycles. The smallest absolute Gasteiger partial charge is 0.337 e. The van der Waals surface area contributed by atoms with E-state index in [4.69, 9.17) is 0 Å². The zero-order chi connectivity index (χ0) is 19.1. The molecule has 0 saturated heterocycles. The van der Waals surface area contributed by atoms with Crippen molar-refractivity contribution in [2.45, 2.75) is 6.54 Å². The Morgan fingerprint density at radius 2 is 1.85 bits per heavy atom. The molecular weight excluding hydrogens is 344 g/mol. The van der Waals surface area contributed by atoms with Crippen LogP contribution in [0.1, 0.15) is 26.4 Å². The summed E-state index contributed by atoms with van der Waals surface area (Å²) >= 11 is 0. The number of carbonyl (C=O) groups excluding carboxylic acids is 2. The summed E-state index contributed by atoms with van der Waals surface area (Å²) < 4.78 is 4.68. The van der Waals surface area contributed by atoms with Gasteiger partial charge in [-0.25, -0.2) is 4.79 Å². The summed E-state index contributed by atoms with van der Waals surface area (Å²) in [4.78, 5) is 32.4. The van der Waals surface area contributed by atoms with Crippen molar-refractivity contribution in [3.63, 3.8) is 0 Å². The van der Waals surface area contributed by atoms with Gasteiger partial charge in [-0.2, -0.15) is 0 Å². The summed E-state index contributed by atoms with van der Waals surface area (Å²) in [5, 5.41) is 5.94. The molecule has 3 rings (SSSR count). The number of amides is 1. The monoisotopic (exact) mass is 362 g/mol. The fourth-order valence-corrected chi connectivity index (χ4v) is 2.40. The van der Waals surface area contributed by atoms with E-state index in [1.807, 2.05) is 18.2 Å². The van der Waals surface area contributed by atoms with Crippen molar-refractivity contribution in [3.05, 3.63) is 83.9 Å². The lowest BCUT2D eigenvalue weighted by molar-refractivity contribution is 0.0600. The van der Waals surface area contributed by atoms with Crippen LogP contribution in [0.2, 0.25) is 0 Å². The molecule has 2 N–H and O–H groups in total. The van der Waals surface area contributed by atoms with Crippen LogP contribution in [-0.4, -0.2) is 29.0 Å². The summed E-state index contributed by atoms with van der Waals surface area (Å²) in [5.74, 6) is -0.792. The van der Waals surface area contributed by atoms with Crippen molar-refractivity contribution >= 4 is 23.3 Å². The maximum absolute atomic E-state index is 12.5. The molecule has 7 heteroatoms. The van der Waals surface area contributed by atoms with Crippen LogP contribution in [0.5, 0.6) is 0 Å². The highest BCUT2D eigenvalue weighted by Gasteiger charge is 2.10. The van der Waals surface area contributed by atoms with Crippen molar-refractivity contribution in [1.29, 1.82) is 0 Å². The third-order valence-corrected chi connectivity index (χ3v) is 3.74. The Morgan fingerprint density at radius 1 is 1.00 bits per heavy atom. The molecule has 2 heterocycles. The molecule has 7 nitrogen and oxygen atoms in total. The number of nitrogens with one attached hydrogen (secondary N) is 2. The number of rotatable bonds is 6. The molecule has 136 valence electrons. The zero-order valence-corrected chi connectivity index (χ0v) is 14.7. The molecule has 2 aromatic heterocycles. The third-order valence-electron chi connectivity index (χ3n) is 3.74. The van der Waals surface area contributed by atoms with Crippen LogP contribution < -0.4 is 10.6 Å². The summed E-state index contributed by atoms with van der Waals surface area (Å²) in [6.45, 7) is 0.523. The van der Waals surface area contributed by atoms with Gasteiger partial charge in [-0.1, -0.05) is 12.1 Å². The van der Waals surface area contributed by atoms with Crippen molar-refractivity contribution < 1.29 is 14.3 Å². The predicted octanol–water partition coefficient (Wildman–Crippen LogP) is 3.13. The normalized spacial score (nSPS) is 10.1. The lowest BCUT2D eigenvalue weighted by atomic mass is 10.2. The molecule has 1 amide bonds. The lowest BCUT2D eigenvalue weighted by Gasteiger charge is -2.09. The van der Waals surface area contributed by atoms with Crippen LogP contribution in [0.3, 0.4) is 0 Å². The molecule has 0 aliphatic rings. The Bertz CT molecular complexity index is 945. The number of anilines is 2. The molecular formula is C20H18N4O3. The number of methoxy groups -OCH3 is 1. The molecule has 0 saturated carbocycles. The molecule has 0 atom stereocenters. The standard InChI is InChI=1S/C20H18N4O3/c1-27-20(26)14-5-4-7-16(9-14)24-19(25)15-10-18(12-21-11-15)23-13-17-6-2-3-8-22-17/h2-12,23H,13H2,1H3,(H,24,25). The molecule has 0 aliphatic heterocycles. The fraction of sp³-hybridized carbons (Fsp3) is 0.100. The van der Waals surface area contributed by atoms with Gasteiger partial charge < -0.3 is 15.4 Å². The molecule has 27 heavy (non-hydrogen) atoms. The molecule has 3 aromatic rings. The maximum Gasteiger partial charge on any atom is 0.337 e. The Hall–Kier alpha value is -3.74. The molecule has 1 aromatic carbocycles. The van der Waals surface area contributed by atoms with Gasteiger partial charge in [0.05, 0.1) is 36.2 Å². The van der Waals surface area contributed by atoms with Gasteiger partial charge >= 0.3 is 5.97 Å². The second-order valence-electron chi connectivity index (χ2n) is 5.66. The van der Waals surface area contributed by atoms with Crippen molar-refractivity contribution in [3.8, 4) is 0 Å². The number of benzene rings is 1. The van der Waals surface area contributed by atoms with Gasteiger partial charge in [0, 0.05) is 24.3 Å². The average molecular weight is 362 g/mol. The van der Waals surface area contributed by atoms with Crippen molar-refractivity contribution in [2.24, 2.45) is 0 Å². The van der Waals surface area contributed by atoms with E-state index >= 15 is 0 Å². The topological polar surface area (TPSA) is 93.2 Å². The summed E-state index contributed by atoms with van der Waals surface area (Å²) in [6.07, 6.45) is 4.84. The van der Waals surface area contributed by atoms with Crippen LogP contribution in [-0.2, 0) is 11.3 Å². The van der Waals surface area contributed by atoms with Gasteiger partial charge in [-0.3, -0.25) is 14.8 Å². The van der Waals surface area contributed by atoms with Gasteiger partial charge in [0.15, 0.2) is 0 Å². The van der Waals surface area contributed by atoms with Gasteiger partial charge in [0.1, 0.15) is 0 Å². The first-order valence-electron chi connectivity index (χ1n) is 8.24. The van der Waals surface area contributed by atoms with E-state index in [1.165, 1.54) is 13.3 Å². The Morgan fingerprint density at radius 3 is 2.63 bits per heavy atom. The second-order valence-corrected chi connectivity index (χ2v) is 5.66. The fourth-order valence-electron chi connectivity index (χ4n) is 2.40. The van der Waals surface area contributed by atoms with Gasteiger partial charge in [-0.15, -0.1) is 0 Å². The van der Waals surface area contributed by atoms with Crippen LogP contribution >= 0.6 is 0 Å². The van der Waals surface area contributed by atoms with Crippen LogP contribution in [0.15, 0.2) is 67.1 Å². The number of nitrogens with zero attached hydrogens (tertiary/aromatic N) is 2. The third kappa shape index (κ3) is 4.88. The number of hydrogen-bond acceptors (Lipinski definition) is 6. The van der Waals surface area contributed by atoms with E-state index < -0.39 is 5.97 Å². The minimum absolute atomic E-state index is 0.328. The van der Waals surface area contributed by atoms with Gasteiger partial charge in [0.25, 0.3) is 5.91 Å². The number of carbonyl (C=O) groups is 2. The number of pyridine rings is 2. The SMILES string of the molecule is COC(=O)c1cccc(NC(=O)c2cncc(NCc3ccccn3)c2)c1. The minimum Gasteiger partial charge on any atom is -0.465 e. The first-order valence-corrected chi connectivity index (χ1v) is 8.24. The first kappa shape index (κ1) is 18.1. The largest absolute Gasteiger partial charge is 0.465 e. The summed E-state index contributed by atoms with van der Waals surface area (Å²) in [7, 11) is 1.31. The summed E-state index contributed by atoms with van der Waals surface area (Å²) in [5.41, 5.74) is 2.84. The van der Waals surface area contributed by atoms with E-state index in [-0.39, 0.29) is 5.91 Å². The minimum atomic E-state index is -0.464. The predicted molar refractivity (Wildman–Crippen MR) is 102 cm³/mol. The number of hydrogen-bond donors (Lipinski definition) is 2. The number of aromatic nitrogens is 2. The van der Waals surface area contributed by atoms with E-state index in [0.717, 1.165) is 5.69 Å². The van der Waals surface area contributed by atoms with Crippen LogP contribution in [0.25, 0.3) is 0 Å². The quantitative estimate of drug-likeness (QED) is 0.655. The Kier molecular flexibility index (Phi) is 5.73. The average Bonchev–Trinajstić information content (AvgIpc) is 2.73. The first-order chi connectivity index (χ1) is 13.2. The molecule has 0 bridgehead atoms. The Balaban J connectivity index is 1.67. The highest BCUT2D eigenvalue weighted by Crippen LogP contribution is 2.15. The lowest BCUT2D eigenvalue weighted by Crippen LogP contribution is -2.13. The van der Waals surface area contributed by atoms with E-state index in [9.17, 15) is 9.59 Å². The van der Waals surface area contributed by atoms with E-state index in [2.05, 4.69) is 25.3 Å². The second kappa shape index (κ2) is 8.57. The van der Waals surface area contributed by atoms with Crippen LogP contribution in [0, 0.1) is 0 Å². The van der Waals surface area contributed by atoms with Crippen molar-refractivity contribution in [1.82, 2.24) is 9.97 Å². The van der Waals surface area contributed by atoms with Gasteiger partial charge in [-0.05, 0) is 36.4 Å².